The summed E-state index contributed by atoms with van der Waals surface area (Å²) in [5, 5.41) is 10.5. The molecule has 1 aromatic carbocycles. The monoisotopic (exact) mass is 328 g/mol. The van der Waals surface area contributed by atoms with Gasteiger partial charge in [0.05, 0.1) is 19.3 Å². The van der Waals surface area contributed by atoms with E-state index in [0.29, 0.717) is 18.8 Å². The quantitative estimate of drug-likeness (QED) is 0.363. The van der Waals surface area contributed by atoms with E-state index in [1.54, 1.807) is 12.1 Å². The van der Waals surface area contributed by atoms with Gasteiger partial charge in [-0.2, -0.15) is 0 Å². The summed E-state index contributed by atoms with van der Waals surface area (Å²) in [6.45, 7) is 3.09. The minimum absolute atomic E-state index is 0.192. The maximum absolute atomic E-state index is 12.2. The van der Waals surface area contributed by atoms with Crippen molar-refractivity contribution in [2.75, 3.05) is 31.2 Å². The van der Waals surface area contributed by atoms with E-state index in [4.69, 9.17) is 9.15 Å². The second-order valence-corrected chi connectivity index (χ2v) is 5.28. The minimum Gasteiger partial charge on any atom is -0.401 e. The van der Waals surface area contributed by atoms with E-state index in [1.165, 1.54) is 24.3 Å². The van der Waals surface area contributed by atoms with Crippen LogP contribution < -0.4 is 4.90 Å². The molecule has 0 bridgehead atoms. The van der Waals surface area contributed by atoms with E-state index in [0.717, 1.165) is 18.8 Å². The molecule has 24 heavy (non-hydrogen) atoms. The number of hydrogen-bond acceptors (Lipinski definition) is 6. The normalized spacial score (nSPS) is 14.9. The molecule has 1 aliphatic heterocycles. The fourth-order valence-corrected chi connectivity index (χ4v) is 2.44. The second kappa shape index (κ2) is 7.10. The SMILES string of the molecule is O=C(/C=C/c1ccc([N+](=O)[O-])o1)c1ccc(N2CCOCC2)cc1. The Morgan fingerprint density at radius 2 is 1.83 bits per heavy atom. The van der Waals surface area contributed by atoms with Crippen molar-refractivity contribution in [1.82, 2.24) is 0 Å². The molecule has 7 heteroatoms. The highest BCUT2D eigenvalue weighted by Gasteiger charge is 2.12. The zero-order valence-electron chi connectivity index (χ0n) is 12.9. The first-order valence-electron chi connectivity index (χ1n) is 7.53. The smallest absolute Gasteiger partial charge is 0.401 e. The molecule has 3 rings (SSSR count). The summed E-state index contributed by atoms with van der Waals surface area (Å²) in [6, 6.07) is 10.0. The molecule has 7 nitrogen and oxygen atoms in total. The lowest BCUT2D eigenvalue weighted by molar-refractivity contribution is -0.402. The number of carbonyl (C=O) groups is 1. The van der Waals surface area contributed by atoms with Crippen molar-refractivity contribution in [3.05, 3.63) is 63.9 Å². The first-order chi connectivity index (χ1) is 11.6. The van der Waals surface area contributed by atoms with Crippen molar-refractivity contribution in [3.8, 4) is 0 Å². The molecular weight excluding hydrogens is 312 g/mol. The Morgan fingerprint density at radius 1 is 1.12 bits per heavy atom. The maximum Gasteiger partial charge on any atom is 0.433 e. The van der Waals surface area contributed by atoms with Crippen molar-refractivity contribution in [2.24, 2.45) is 0 Å². The highest BCUT2D eigenvalue weighted by molar-refractivity contribution is 6.06. The summed E-state index contributed by atoms with van der Waals surface area (Å²) < 4.78 is 10.3. The number of hydrogen-bond donors (Lipinski definition) is 0. The van der Waals surface area contributed by atoms with E-state index in [9.17, 15) is 14.9 Å². The van der Waals surface area contributed by atoms with Crippen LogP contribution in [0.15, 0.2) is 46.9 Å². The Hall–Kier alpha value is -2.93. The van der Waals surface area contributed by atoms with E-state index in [1.807, 2.05) is 12.1 Å². The standard InChI is InChI=1S/C17H16N2O5/c20-16(7-5-15-6-8-17(24-15)19(21)22)13-1-3-14(4-2-13)18-9-11-23-12-10-18/h1-8H,9-12H2/b7-5+. The van der Waals surface area contributed by atoms with Crippen LogP contribution in [0.25, 0.3) is 6.08 Å². The van der Waals surface area contributed by atoms with Gasteiger partial charge in [-0.3, -0.25) is 14.9 Å². The summed E-state index contributed by atoms with van der Waals surface area (Å²) in [7, 11) is 0. The molecule has 1 aliphatic rings. The number of nitro groups is 1. The Morgan fingerprint density at radius 3 is 2.46 bits per heavy atom. The van der Waals surface area contributed by atoms with Crippen LogP contribution in [-0.4, -0.2) is 37.0 Å². The molecule has 0 unspecified atom stereocenters. The van der Waals surface area contributed by atoms with E-state index in [-0.39, 0.29) is 17.4 Å². The van der Waals surface area contributed by atoms with Crippen LogP contribution >= 0.6 is 0 Å². The number of ketones is 1. The number of allylic oxidation sites excluding steroid dienone is 1. The fourth-order valence-electron chi connectivity index (χ4n) is 2.44. The molecule has 0 aliphatic carbocycles. The van der Waals surface area contributed by atoms with Crippen molar-refractivity contribution >= 4 is 23.4 Å². The van der Waals surface area contributed by atoms with Crippen LogP contribution in [0.2, 0.25) is 0 Å². The molecule has 2 aromatic rings. The van der Waals surface area contributed by atoms with Crippen LogP contribution in [0.3, 0.4) is 0 Å². The molecule has 1 fully saturated rings. The largest absolute Gasteiger partial charge is 0.433 e. The van der Waals surface area contributed by atoms with Gasteiger partial charge in [0, 0.05) is 24.3 Å². The van der Waals surface area contributed by atoms with E-state index < -0.39 is 4.92 Å². The van der Waals surface area contributed by atoms with Gasteiger partial charge in [-0.1, -0.05) is 0 Å². The number of anilines is 1. The van der Waals surface area contributed by atoms with E-state index >= 15 is 0 Å². The number of ether oxygens (including phenoxy) is 1. The zero-order valence-corrected chi connectivity index (χ0v) is 12.9. The summed E-state index contributed by atoms with van der Waals surface area (Å²) in [6.07, 6.45) is 2.76. The fraction of sp³-hybridized carbons (Fsp3) is 0.235. The van der Waals surface area contributed by atoms with Crippen LogP contribution in [0.4, 0.5) is 11.6 Å². The predicted octanol–water partition coefficient (Wildman–Crippen LogP) is 2.92. The molecule has 0 spiro atoms. The van der Waals surface area contributed by atoms with Crippen LogP contribution in [0.5, 0.6) is 0 Å². The van der Waals surface area contributed by atoms with Gasteiger partial charge >= 0.3 is 5.88 Å². The van der Waals surface area contributed by atoms with Crippen LogP contribution in [0, 0.1) is 10.1 Å². The average molecular weight is 328 g/mol. The van der Waals surface area contributed by atoms with Gasteiger partial charge < -0.3 is 14.1 Å². The van der Waals surface area contributed by atoms with Gasteiger partial charge in [-0.15, -0.1) is 0 Å². The Kier molecular flexibility index (Phi) is 4.72. The number of rotatable bonds is 5. The molecule has 0 atom stereocenters. The summed E-state index contributed by atoms with van der Waals surface area (Å²) in [4.78, 5) is 24.3. The molecule has 1 aromatic heterocycles. The van der Waals surface area contributed by atoms with Crippen molar-refractivity contribution in [2.45, 2.75) is 0 Å². The van der Waals surface area contributed by atoms with E-state index in [2.05, 4.69) is 4.90 Å². The zero-order chi connectivity index (χ0) is 16.9. The number of nitrogens with zero attached hydrogens (tertiary/aromatic N) is 2. The molecule has 0 radical (unpaired) electrons. The first-order valence-corrected chi connectivity index (χ1v) is 7.53. The summed E-state index contributed by atoms with van der Waals surface area (Å²) in [5.74, 6) is -0.278. The average Bonchev–Trinajstić information content (AvgIpc) is 3.10. The lowest BCUT2D eigenvalue weighted by Crippen LogP contribution is -2.36. The van der Waals surface area contributed by atoms with Crippen molar-refractivity contribution < 1.29 is 18.9 Å². The topological polar surface area (TPSA) is 85.8 Å². The second-order valence-electron chi connectivity index (χ2n) is 5.28. The Balaban J connectivity index is 1.65. The Labute approximate surface area is 138 Å². The van der Waals surface area contributed by atoms with Gasteiger partial charge in [-0.05, 0) is 42.5 Å². The van der Waals surface area contributed by atoms with Crippen molar-refractivity contribution in [3.63, 3.8) is 0 Å². The Bertz CT molecular complexity index is 758. The number of benzene rings is 1. The highest BCUT2D eigenvalue weighted by Crippen LogP contribution is 2.19. The minimum atomic E-state index is -0.622. The summed E-state index contributed by atoms with van der Waals surface area (Å²) >= 11 is 0. The van der Waals surface area contributed by atoms with Crippen LogP contribution in [0.1, 0.15) is 16.1 Å². The molecular formula is C17H16N2O5. The first kappa shape index (κ1) is 15.9. The molecule has 0 amide bonds. The molecule has 0 N–H and O–H groups in total. The third-order valence-electron chi connectivity index (χ3n) is 3.72. The van der Waals surface area contributed by atoms with Gasteiger partial charge in [-0.25, -0.2) is 0 Å². The van der Waals surface area contributed by atoms with Gasteiger partial charge in [0.25, 0.3) is 0 Å². The maximum atomic E-state index is 12.2. The lowest BCUT2D eigenvalue weighted by Gasteiger charge is -2.28. The molecule has 1 saturated heterocycles. The van der Waals surface area contributed by atoms with Crippen LogP contribution in [-0.2, 0) is 4.74 Å². The lowest BCUT2D eigenvalue weighted by atomic mass is 10.1. The summed E-state index contributed by atoms with van der Waals surface area (Å²) in [5.41, 5.74) is 1.60. The highest BCUT2D eigenvalue weighted by atomic mass is 16.6. The predicted molar refractivity (Wildman–Crippen MR) is 88.2 cm³/mol. The number of morpholine rings is 1. The number of carbonyl (C=O) groups excluding carboxylic acids is 1. The molecule has 2 heterocycles. The van der Waals surface area contributed by atoms with Gasteiger partial charge in [0.15, 0.2) is 5.78 Å². The molecule has 0 saturated carbocycles. The van der Waals surface area contributed by atoms with Gasteiger partial charge in [0.2, 0.25) is 0 Å². The van der Waals surface area contributed by atoms with Gasteiger partial charge in [0.1, 0.15) is 10.7 Å². The van der Waals surface area contributed by atoms with Crippen molar-refractivity contribution in [1.29, 1.82) is 0 Å². The third-order valence-corrected chi connectivity index (χ3v) is 3.72. The molecule has 124 valence electrons. The third kappa shape index (κ3) is 3.69. The number of furan rings is 1.